The monoisotopic (exact) mass is 249 g/mol. The quantitative estimate of drug-likeness (QED) is 0.596. The molecule has 1 aromatic heterocycles. The van der Waals surface area contributed by atoms with E-state index in [1.807, 2.05) is 0 Å². The predicted octanol–water partition coefficient (Wildman–Crippen LogP) is 2.31. The van der Waals surface area contributed by atoms with Gasteiger partial charge in [0, 0.05) is 6.42 Å². The second-order valence-electron chi connectivity index (χ2n) is 4.15. The van der Waals surface area contributed by atoms with Crippen molar-refractivity contribution in [3.63, 3.8) is 0 Å². The molecule has 0 fully saturated rings. The average Bonchev–Trinajstić information content (AvgIpc) is 2.57. The van der Waals surface area contributed by atoms with Gasteiger partial charge in [0.15, 0.2) is 0 Å². The molecule has 1 atom stereocenters. The Morgan fingerprint density at radius 2 is 2.29 bits per heavy atom. The highest BCUT2D eigenvalue weighted by Crippen LogP contribution is 2.32. The van der Waals surface area contributed by atoms with Crippen LogP contribution in [0.3, 0.4) is 0 Å². The maximum Gasteiger partial charge on any atom is 0.390 e. The highest BCUT2D eigenvalue weighted by molar-refractivity contribution is 5.23. The van der Waals surface area contributed by atoms with Crippen LogP contribution in [0.4, 0.5) is 19.0 Å². The summed E-state index contributed by atoms with van der Waals surface area (Å²) in [4.78, 5) is 9.84. The Bertz CT molecular complexity index is 441. The van der Waals surface area contributed by atoms with Crippen molar-refractivity contribution in [1.29, 1.82) is 0 Å². The average molecular weight is 249 g/mol. The molecule has 0 aromatic carbocycles. The van der Waals surface area contributed by atoms with E-state index in [9.17, 15) is 23.3 Å². The van der Waals surface area contributed by atoms with E-state index < -0.39 is 23.4 Å². The second kappa shape index (κ2) is 4.01. The lowest BCUT2D eigenvalue weighted by Gasteiger charge is -2.22. The molecule has 0 aliphatic carbocycles. The summed E-state index contributed by atoms with van der Waals surface area (Å²) in [7, 11) is 0. The van der Waals surface area contributed by atoms with E-state index in [0.29, 0.717) is 18.7 Å². The van der Waals surface area contributed by atoms with Crippen LogP contribution in [0.25, 0.3) is 0 Å². The Balaban J connectivity index is 2.11. The number of hydrogen-bond acceptors (Lipinski definition) is 3. The molecule has 1 unspecified atom stereocenters. The van der Waals surface area contributed by atoms with Crippen molar-refractivity contribution >= 4 is 5.82 Å². The normalized spacial score (nSPS) is 20.1. The van der Waals surface area contributed by atoms with Crippen LogP contribution in [0.2, 0.25) is 0 Å². The summed E-state index contributed by atoms with van der Waals surface area (Å²) in [5, 5.41) is 14.2. The molecule has 1 aliphatic rings. The van der Waals surface area contributed by atoms with Gasteiger partial charge in [-0.15, -0.1) is 0 Å². The number of nitrogens with zero attached hydrogens (tertiary/aromatic N) is 3. The van der Waals surface area contributed by atoms with Crippen molar-refractivity contribution in [2.75, 3.05) is 0 Å². The summed E-state index contributed by atoms with van der Waals surface area (Å²) < 4.78 is 38.1. The molecule has 2 rings (SSSR count). The highest BCUT2D eigenvalue weighted by atomic mass is 19.4. The second-order valence-corrected chi connectivity index (χ2v) is 4.15. The van der Waals surface area contributed by atoms with Crippen molar-refractivity contribution in [3.8, 4) is 0 Å². The Kier molecular flexibility index (Phi) is 2.80. The molecular formula is C9H10F3N3O2. The van der Waals surface area contributed by atoms with E-state index in [4.69, 9.17) is 0 Å². The van der Waals surface area contributed by atoms with Gasteiger partial charge in [0.25, 0.3) is 0 Å². The zero-order chi connectivity index (χ0) is 12.6. The van der Waals surface area contributed by atoms with Gasteiger partial charge in [-0.05, 0) is 23.7 Å². The van der Waals surface area contributed by atoms with Crippen LogP contribution in [0.5, 0.6) is 0 Å². The van der Waals surface area contributed by atoms with Crippen molar-refractivity contribution in [1.82, 2.24) is 9.78 Å². The molecule has 0 bridgehead atoms. The molecule has 94 valence electrons. The van der Waals surface area contributed by atoms with E-state index in [2.05, 4.69) is 5.10 Å². The fraction of sp³-hybridized carbons (Fsp3) is 0.667. The SMILES string of the molecule is O=[N+]([O-])c1cc2n(n1)CCC(CC(F)(F)F)C2. The summed E-state index contributed by atoms with van der Waals surface area (Å²) in [6.45, 7) is 0.309. The molecular weight excluding hydrogens is 239 g/mol. The first-order valence-electron chi connectivity index (χ1n) is 5.13. The van der Waals surface area contributed by atoms with Gasteiger partial charge < -0.3 is 10.1 Å². The number of nitro groups is 1. The van der Waals surface area contributed by atoms with E-state index in [1.165, 1.54) is 10.7 Å². The van der Waals surface area contributed by atoms with Crippen LogP contribution in [0, 0.1) is 16.0 Å². The zero-order valence-electron chi connectivity index (χ0n) is 8.78. The largest absolute Gasteiger partial charge is 0.390 e. The first-order chi connectivity index (χ1) is 7.85. The molecule has 2 heterocycles. The van der Waals surface area contributed by atoms with Crippen LogP contribution in [0.15, 0.2) is 6.07 Å². The van der Waals surface area contributed by atoms with Gasteiger partial charge in [0.1, 0.15) is 0 Å². The maximum absolute atomic E-state index is 12.2. The molecule has 8 heteroatoms. The number of aryl methyl sites for hydroxylation is 1. The Labute approximate surface area is 94.4 Å². The molecule has 0 N–H and O–H groups in total. The van der Waals surface area contributed by atoms with Crippen molar-refractivity contribution in [3.05, 3.63) is 21.9 Å². The van der Waals surface area contributed by atoms with Crippen LogP contribution < -0.4 is 0 Å². The Hall–Kier alpha value is -1.60. The van der Waals surface area contributed by atoms with E-state index in [0.717, 1.165) is 0 Å². The topological polar surface area (TPSA) is 61.0 Å². The minimum atomic E-state index is -4.18. The third-order valence-corrected chi connectivity index (χ3v) is 2.80. The first-order valence-corrected chi connectivity index (χ1v) is 5.13. The molecule has 1 aromatic rings. The number of rotatable bonds is 2. The number of hydrogen-bond donors (Lipinski definition) is 0. The zero-order valence-corrected chi connectivity index (χ0v) is 8.78. The summed E-state index contributed by atoms with van der Waals surface area (Å²) in [6.07, 6.45) is -4.48. The minimum Gasteiger partial charge on any atom is -0.358 e. The van der Waals surface area contributed by atoms with Gasteiger partial charge in [-0.25, -0.2) is 0 Å². The van der Waals surface area contributed by atoms with Crippen molar-refractivity contribution < 1.29 is 18.1 Å². The van der Waals surface area contributed by atoms with Crippen molar-refractivity contribution in [2.24, 2.45) is 5.92 Å². The lowest BCUT2D eigenvalue weighted by molar-refractivity contribution is -0.389. The van der Waals surface area contributed by atoms with Gasteiger partial charge in [0.05, 0.1) is 23.4 Å². The molecule has 5 nitrogen and oxygen atoms in total. The van der Waals surface area contributed by atoms with Crippen LogP contribution >= 0.6 is 0 Å². The van der Waals surface area contributed by atoms with E-state index in [1.54, 1.807) is 0 Å². The third kappa shape index (κ3) is 2.75. The summed E-state index contributed by atoms with van der Waals surface area (Å²) in [5.74, 6) is -0.800. The third-order valence-electron chi connectivity index (χ3n) is 2.80. The molecule has 0 saturated carbocycles. The lowest BCUT2D eigenvalue weighted by atomic mass is 9.93. The lowest BCUT2D eigenvalue weighted by Crippen LogP contribution is -2.24. The first kappa shape index (κ1) is 11.9. The minimum absolute atomic E-state index is 0.195. The van der Waals surface area contributed by atoms with Crippen molar-refractivity contribution in [2.45, 2.75) is 32.0 Å². The van der Waals surface area contributed by atoms with Crippen LogP contribution in [-0.4, -0.2) is 20.9 Å². The highest BCUT2D eigenvalue weighted by Gasteiger charge is 2.35. The standard InChI is InChI=1S/C9H10F3N3O2/c10-9(11,12)5-6-1-2-14-7(3-6)4-8(13-14)15(16)17/h4,6H,1-3,5H2. The van der Waals surface area contributed by atoms with Crippen LogP contribution in [-0.2, 0) is 13.0 Å². The van der Waals surface area contributed by atoms with Crippen LogP contribution in [0.1, 0.15) is 18.5 Å². The van der Waals surface area contributed by atoms with Gasteiger partial charge in [-0.3, -0.25) is 0 Å². The molecule has 17 heavy (non-hydrogen) atoms. The van der Waals surface area contributed by atoms with Gasteiger partial charge in [-0.2, -0.15) is 17.9 Å². The number of alkyl halides is 3. The van der Waals surface area contributed by atoms with E-state index in [-0.39, 0.29) is 12.2 Å². The predicted molar refractivity (Wildman–Crippen MR) is 51.4 cm³/mol. The Morgan fingerprint density at radius 1 is 1.59 bits per heavy atom. The maximum atomic E-state index is 12.2. The number of aromatic nitrogens is 2. The van der Waals surface area contributed by atoms with Gasteiger partial charge in [0.2, 0.25) is 0 Å². The molecule has 0 spiro atoms. The fourth-order valence-electron chi connectivity index (χ4n) is 2.09. The molecule has 0 radical (unpaired) electrons. The van der Waals surface area contributed by atoms with E-state index >= 15 is 0 Å². The molecule has 1 aliphatic heterocycles. The summed E-state index contributed by atoms with van der Waals surface area (Å²) in [6, 6.07) is 1.25. The molecule has 0 saturated heterocycles. The van der Waals surface area contributed by atoms with Gasteiger partial charge in [-0.1, -0.05) is 0 Å². The number of fused-ring (bicyclic) bond motifs is 1. The summed E-state index contributed by atoms with van der Waals surface area (Å²) >= 11 is 0. The Morgan fingerprint density at radius 3 is 2.88 bits per heavy atom. The summed E-state index contributed by atoms with van der Waals surface area (Å²) in [5.41, 5.74) is 0.511. The molecule has 0 amide bonds. The fourth-order valence-corrected chi connectivity index (χ4v) is 2.09. The number of halogens is 3. The van der Waals surface area contributed by atoms with Gasteiger partial charge >= 0.3 is 12.0 Å². The smallest absolute Gasteiger partial charge is 0.358 e.